The number of aliphatic imine (C=N–C) groups is 1. The first-order valence-corrected chi connectivity index (χ1v) is 8.25. The van der Waals surface area contributed by atoms with Crippen molar-refractivity contribution in [1.29, 1.82) is 0 Å². The molecule has 0 spiro atoms. The maximum absolute atomic E-state index is 6.07. The quantitative estimate of drug-likeness (QED) is 0.849. The van der Waals surface area contributed by atoms with E-state index in [0.29, 0.717) is 22.1 Å². The highest BCUT2D eigenvalue weighted by Crippen LogP contribution is 2.25. The molecule has 1 aliphatic carbocycles. The van der Waals surface area contributed by atoms with Gasteiger partial charge in [-0.05, 0) is 36.8 Å². The van der Waals surface area contributed by atoms with Crippen LogP contribution in [0.4, 0.5) is 0 Å². The van der Waals surface area contributed by atoms with Crippen molar-refractivity contribution in [3.05, 3.63) is 95.3 Å². The molecule has 0 saturated heterocycles. The highest BCUT2D eigenvalue weighted by Gasteiger charge is 2.11. The predicted molar refractivity (Wildman–Crippen MR) is 106 cm³/mol. The first kappa shape index (κ1) is 16.9. The van der Waals surface area contributed by atoms with E-state index in [-0.39, 0.29) is 0 Å². The summed E-state index contributed by atoms with van der Waals surface area (Å²) in [5.74, 6) is 0. The van der Waals surface area contributed by atoms with Gasteiger partial charge in [0.25, 0.3) is 0 Å². The Morgan fingerprint density at radius 1 is 1.16 bits per heavy atom. The van der Waals surface area contributed by atoms with E-state index in [2.05, 4.69) is 11.6 Å². The van der Waals surface area contributed by atoms with Gasteiger partial charge in [0.05, 0.1) is 22.8 Å². The Hall–Kier alpha value is -2.91. The number of aryl methyl sites for hydroxylation is 1. The first-order chi connectivity index (χ1) is 12.1. The van der Waals surface area contributed by atoms with Crippen molar-refractivity contribution < 1.29 is 0 Å². The van der Waals surface area contributed by atoms with Crippen LogP contribution < -0.4 is 5.73 Å². The monoisotopic (exact) mass is 347 g/mol. The fraction of sp³-hybridized carbons (Fsp3) is 0.0476. The van der Waals surface area contributed by atoms with Crippen molar-refractivity contribution in [3.63, 3.8) is 0 Å². The van der Waals surface area contributed by atoms with E-state index < -0.39 is 0 Å². The Balaban J connectivity index is 1.99. The number of benzene rings is 1. The maximum atomic E-state index is 6.07. The lowest BCUT2D eigenvalue weighted by Crippen LogP contribution is -2.05. The third kappa shape index (κ3) is 3.78. The average molecular weight is 348 g/mol. The second-order valence-corrected chi connectivity index (χ2v) is 6.09. The Labute approximate surface area is 152 Å². The van der Waals surface area contributed by atoms with Crippen LogP contribution >= 0.6 is 11.6 Å². The van der Waals surface area contributed by atoms with E-state index in [1.807, 2.05) is 55.5 Å². The van der Waals surface area contributed by atoms with Crippen LogP contribution in [0.25, 0.3) is 17.0 Å². The number of hydrogen-bond donors (Lipinski definition) is 1. The van der Waals surface area contributed by atoms with Crippen LogP contribution in [0.15, 0.2) is 89.1 Å². The van der Waals surface area contributed by atoms with E-state index >= 15 is 0 Å². The van der Waals surface area contributed by atoms with Crippen LogP contribution in [0.1, 0.15) is 11.3 Å². The van der Waals surface area contributed by atoms with E-state index in [1.165, 1.54) is 6.20 Å². The van der Waals surface area contributed by atoms with Gasteiger partial charge in [0.1, 0.15) is 0 Å². The van der Waals surface area contributed by atoms with Crippen molar-refractivity contribution in [1.82, 2.24) is 4.98 Å². The molecule has 1 aromatic carbocycles. The summed E-state index contributed by atoms with van der Waals surface area (Å²) in [5.41, 5.74) is 11.5. The molecule has 25 heavy (non-hydrogen) atoms. The van der Waals surface area contributed by atoms with Gasteiger partial charge in [-0.3, -0.25) is 0 Å². The van der Waals surface area contributed by atoms with Crippen LogP contribution in [0.5, 0.6) is 0 Å². The molecule has 1 heterocycles. The highest BCUT2D eigenvalue weighted by molar-refractivity contribution is 6.34. The second kappa shape index (κ2) is 7.32. The van der Waals surface area contributed by atoms with Crippen LogP contribution in [0, 0.1) is 6.92 Å². The lowest BCUT2D eigenvalue weighted by atomic mass is 10.1. The molecule has 0 unspecified atom stereocenters. The summed E-state index contributed by atoms with van der Waals surface area (Å²) >= 11 is 6.07. The number of nitrogens with two attached hydrogens (primary N) is 1. The minimum Gasteiger partial charge on any atom is -0.404 e. The highest BCUT2D eigenvalue weighted by atomic mass is 35.5. The molecule has 1 aromatic heterocycles. The summed E-state index contributed by atoms with van der Waals surface area (Å²) in [5, 5.41) is 0.596. The summed E-state index contributed by atoms with van der Waals surface area (Å²) < 4.78 is 0. The van der Waals surface area contributed by atoms with Gasteiger partial charge in [0.2, 0.25) is 0 Å². The number of allylic oxidation sites excluding steroid dienone is 5. The number of pyridine rings is 1. The predicted octanol–water partition coefficient (Wildman–Crippen LogP) is 5.00. The summed E-state index contributed by atoms with van der Waals surface area (Å²) in [6.45, 7) is 6.10. The summed E-state index contributed by atoms with van der Waals surface area (Å²) in [6.07, 6.45) is 6.87. The largest absolute Gasteiger partial charge is 0.404 e. The average Bonchev–Trinajstić information content (AvgIpc) is 2.63. The molecule has 2 N–H and O–H groups in total. The molecule has 3 nitrogen and oxygen atoms in total. The van der Waals surface area contributed by atoms with Crippen LogP contribution in [0.2, 0.25) is 0 Å². The van der Waals surface area contributed by atoms with Crippen molar-refractivity contribution in [2.24, 2.45) is 10.7 Å². The zero-order valence-electron chi connectivity index (χ0n) is 13.9. The van der Waals surface area contributed by atoms with E-state index in [4.69, 9.17) is 22.3 Å². The minimum atomic E-state index is 0.558. The fourth-order valence-corrected chi connectivity index (χ4v) is 2.70. The van der Waals surface area contributed by atoms with E-state index in [0.717, 1.165) is 22.4 Å². The molecule has 1 aliphatic rings. The maximum Gasteiger partial charge on any atom is 0.0888 e. The van der Waals surface area contributed by atoms with Gasteiger partial charge in [0, 0.05) is 22.4 Å². The SMILES string of the molecule is C=C(/N=C1/C=C(Cl)C=C/C1=C/N)c1ccc(C)c(-c2ccccc2)n1. The van der Waals surface area contributed by atoms with Crippen molar-refractivity contribution in [2.75, 3.05) is 0 Å². The molecule has 3 rings (SSSR count). The molecule has 0 radical (unpaired) electrons. The third-order valence-electron chi connectivity index (χ3n) is 3.87. The molecular formula is C21H18ClN3. The lowest BCUT2D eigenvalue weighted by molar-refractivity contribution is 1.22. The molecule has 0 saturated carbocycles. The van der Waals surface area contributed by atoms with Crippen LogP contribution in [-0.4, -0.2) is 10.7 Å². The first-order valence-electron chi connectivity index (χ1n) is 7.87. The number of halogens is 1. The van der Waals surface area contributed by atoms with Crippen molar-refractivity contribution in [2.45, 2.75) is 6.92 Å². The second-order valence-electron chi connectivity index (χ2n) is 5.66. The smallest absolute Gasteiger partial charge is 0.0888 e. The third-order valence-corrected chi connectivity index (χ3v) is 4.10. The zero-order valence-corrected chi connectivity index (χ0v) is 14.7. The fourth-order valence-electron chi connectivity index (χ4n) is 2.53. The molecular weight excluding hydrogens is 330 g/mol. The minimum absolute atomic E-state index is 0.558. The topological polar surface area (TPSA) is 51.3 Å². The standard InChI is InChI=1S/C21H18ClN3/c1-14-8-11-19(25-21(14)16-6-4-3-5-7-16)15(2)24-20-12-18(22)10-9-17(20)13-23/h3-13H,2,23H2,1H3/b17-13-,24-20-. The van der Waals surface area contributed by atoms with E-state index in [9.17, 15) is 0 Å². The van der Waals surface area contributed by atoms with Crippen molar-refractivity contribution >= 4 is 23.0 Å². The molecule has 0 bridgehead atoms. The van der Waals surface area contributed by atoms with Gasteiger partial charge in [-0.2, -0.15) is 0 Å². The van der Waals surface area contributed by atoms with Crippen LogP contribution in [0.3, 0.4) is 0 Å². The molecule has 0 amide bonds. The zero-order chi connectivity index (χ0) is 17.8. The molecule has 124 valence electrons. The number of aromatic nitrogens is 1. The molecule has 0 aliphatic heterocycles. The summed E-state index contributed by atoms with van der Waals surface area (Å²) in [4.78, 5) is 9.32. The van der Waals surface area contributed by atoms with Gasteiger partial charge in [-0.1, -0.05) is 54.6 Å². The normalized spacial score (nSPS) is 17.0. The van der Waals surface area contributed by atoms with Crippen molar-refractivity contribution in [3.8, 4) is 11.3 Å². The van der Waals surface area contributed by atoms with Gasteiger partial charge < -0.3 is 5.73 Å². The molecule has 0 fully saturated rings. The Kier molecular flexibility index (Phi) is 4.96. The van der Waals surface area contributed by atoms with Gasteiger partial charge in [0.15, 0.2) is 0 Å². The number of nitrogens with zero attached hydrogens (tertiary/aromatic N) is 2. The molecule has 4 heteroatoms. The van der Waals surface area contributed by atoms with Crippen LogP contribution in [-0.2, 0) is 0 Å². The van der Waals surface area contributed by atoms with Gasteiger partial charge in [-0.15, -0.1) is 0 Å². The summed E-state index contributed by atoms with van der Waals surface area (Å²) in [6, 6.07) is 14.0. The molecule has 2 aromatic rings. The summed E-state index contributed by atoms with van der Waals surface area (Å²) in [7, 11) is 0. The number of rotatable bonds is 3. The Morgan fingerprint density at radius 3 is 2.64 bits per heavy atom. The Morgan fingerprint density at radius 2 is 1.92 bits per heavy atom. The number of hydrogen-bond acceptors (Lipinski definition) is 3. The molecule has 0 atom stereocenters. The Bertz CT molecular complexity index is 935. The van der Waals surface area contributed by atoms with Gasteiger partial charge >= 0.3 is 0 Å². The lowest BCUT2D eigenvalue weighted by Gasteiger charge is -2.11. The van der Waals surface area contributed by atoms with Gasteiger partial charge in [-0.25, -0.2) is 9.98 Å². The van der Waals surface area contributed by atoms with E-state index in [1.54, 1.807) is 12.2 Å².